The molecule has 2 unspecified atom stereocenters. The number of nitrogens with zero attached hydrogens (tertiary/aromatic N) is 1. The molecule has 0 aromatic rings. The number of hydrogen-bond acceptors (Lipinski definition) is 3. The molecule has 0 saturated carbocycles. The van der Waals surface area contributed by atoms with E-state index in [0.29, 0.717) is 24.3 Å². The highest BCUT2D eigenvalue weighted by Gasteiger charge is 2.22. The van der Waals surface area contributed by atoms with Gasteiger partial charge < -0.3 is 5.32 Å². The molecule has 1 N–H and O–H groups in total. The first-order valence-corrected chi connectivity index (χ1v) is 7.89. The van der Waals surface area contributed by atoms with Crippen molar-refractivity contribution < 1.29 is 4.21 Å². The molecule has 0 bridgehead atoms. The third-order valence-corrected chi connectivity index (χ3v) is 4.74. The summed E-state index contributed by atoms with van der Waals surface area (Å²) in [7, 11) is -0.689. The summed E-state index contributed by atoms with van der Waals surface area (Å²) in [4.78, 5) is 4.42. The van der Waals surface area contributed by atoms with Crippen molar-refractivity contribution in [2.75, 3.05) is 23.8 Å². The molecule has 0 radical (unpaired) electrons. The molecule has 2 atom stereocenters. The Morgan fingerprint density at radius 2 is 2.40 bits per heavy atom. The lowest BCUT2D eigenvalue weighted by atomic mass is 10.1. The van der Waals surface area contributed by atoms with Crippen molar-refractivity contribution in [2.45, 2.75) is 26.8 Å². The van der Waals surface area contributed by atoms with Crippen LogP contribution in [0, 0.1) is 5.92 Å². The van der Waals surface area contributed by atoms with Crippen molar-refractivity contribution in [1.29, 1.82) is 0 Å². The van der Waals surface area contributed by atoms with E-state index in [1.807, 2.05) is 6.92 Å². The topological polar surface area (TPSA) is 41.5 Å². The van der Waals surface area contributed by atoms with Crippen molar-refractivity contribution in [3.8, 4) is 0 Å². The zero-order valence-corrected chi connectivity index (χ0v) is 11.3. The minimum Gasteiger partial charge on any atom is -0.361 e. The van der Waals surface area contributed by atoms with Gasteiger partial charge in [0.25, 0.3) is 0 Å². The number of hydrogen-bond donors (Lipinski definition) is 1. The Bertz CT molecular complexity index is 254. The third-order valence-electron chi connectivity index (χ3n) is 2.41. The average Bonchev–Trinajstić information content (AvgIpc) is 2.66. The van der Waals surface area contributed by atoms with Gasteiger partial charge in [-0.2, -0.15) is 0 Å². The number of amidine groups is 1. The molecular formula is C10H20N2OS2. The van der Waals surface area contributed by atoms with Gasteiger partial charge in [0.1, 0.15) is 0 Å². The van der Waals surface area contributed by atoms with Gasteiger partial charge >= 0.3 is 0 Å². The molecule has 0 aromatic carbocycles. The maximum absolute atomic E-state index is 11.2. The molecule has 1 fully saturated rings. The van der Waals surface area contributed by atoms with E-state index in [9.17, 15) is 4.21 Å². The van der Waals surface area contributed by atoms with Crippen molar-refractivity contribution in [3.05, 3.63) is 0 Å². The molecule has 15 heavy (non-hydrogen) atoms. The van der Waals surface area contributed by atoms with Crippen LogP contribution < -0.4 is 5.32 Å². The Hall–Kier alpha value is -0.0300. The summed E-state index contributed by atoms with van der Waals surface area (Å²) < 4.78 is 11.2. The van der Waals surface area contributed by atoms with Gasteiger partial charge in [0.05, 0.1) is 6.54 Å². The smallest absolute Gasteiger partial charge is 0.156 e. The van der Waals surface area contributed by atoms with Crippen molar-refractivity contribution in [2.24, 2.45) is 10.9 Å². The fourth-order valence-corrected chi connectivity index (χ4v) is 3.06. The van der Waals surface area contributed by atoms with Crippen LogP contribution in [0.15, 0.2) is 4.99 Å². The van der Waals surface area contributed by atoms with Gasteiger partial charge in [0.2, 0.25) is 0 Å². The first kappa shape index (κ1) is 13.0. The Morgan fingerprint density at radius 3 is 2.93 bits per heavy atom. The van der Waals surface area contributed by atoms with Crippen molar-refractivity contribution in [1.82, 2.24) is 5.32 Å². The van der Waals surface area contributed by atoms with E-state index in [4.69, 9.17) is 0 Å². The van der Waals surface area contributed by atoms with E-state index in [-0.39, 0.29) is 0 Å². The molecule has 88 valence electrons. The highest BCUT2D eigenvalue weighted by molar-refractivity contribution is 8.14. The van der Waals surface area contributed by atoms with E-state index in [2.05, 4.69) is 24.2 Å². The summed E-state index contributed by atoms with van der Waals surface area (Å²) in [6, 6.07) is 0.547. The summed E-state index contributed by atoms with van der Waals surface area (Å²) in [6.45, 7) is 7.06. The van der Waals surface area contributed by atoms with Crippen LogP contribution >= 0.6 is 11.8 Å². The third kappa shape index (κ3) is 4.55. The lowest BCUT2D eigenvalue weighted by Crippen LogP contribution is -2.31. The predicted molar refractivity (Wildman–Crippen MR) is 70.1 cm³/mol. The molecule has 0 aliphatic carbocycles. The van der Waals surface area contributed by atoms with E-state index in [0.717, 1.165) is 16.7 Å². The molecule has 1 saturated heterocycles. The van der Waals surface area contributed by atoms with Crippen LogP contribution in [0.2, 0.25) is 0 Å². The highest BCUT2D eigenvalue weighted by atomic mass is 32.2. The molecule has 0 spiro atoms. The van der Waals surface area contributed by atoms with E-state index in [1.165, 1.54) is 0 Å². The largest absolute Gasteiger partial charge is 0.361 e. The SMILES string of the molecule is CCS(=O)CCN=C1NC(C(C)C)CS1. The molecule has 0 amide bonds. The van der Waals surface area contributed by atoms with Crippen LogP contribution in [0.4, 0.5) is 0 Å². The van der Waals surface area contributed by atoms with E-state index >= 15 is 0 Å². The standard InChI is InChI=1S/C10H20N2OS2/c1-4-15(13)6-5-11-10-12-9(7-14-10)8(2)3/h8-9H,4-7H2,1-3H3,(H,11,12). The summed E-state index contributed by atoms with van der Waals surface area (Å²) in [5.74, 6) is 3.18. The molecule has 1 heterocycles. The molecule has 5 heteroatoms. The van der Waals surface area contributed by atoms with Crippen molar-refractivity contribution in [3.63, 3.8) is 0 Å². The second-order valence-electron chi connectivity index (χ2n) is 3.93. The predicted octanol–water partition coefficient (Wildman–Crippen LogP) is 1.47. The molecule has 1 rings (SSSR count). The zero-order valence-electron chi connectivity index (χ0n) is 9.66. The molecule has 0 aromatic heterocycles. The fraction of sp³-hybridized carbons (Fsp3) is 0.900. The van der Waals surface area contributed by atoms with Crippen LogP contribution in [0.5, 0.6) is 0 Å². The maximum Gasteiger partial charge on any atom is 0.156 e. The highest BCUT2D eigenvalue weighted by Crippen LogP contribution is 2.18. The van der Waals surface area contributed by atoms with Gasteiger partial charge in [-0.15, -0.1) is 0 Å². The van der Waals surface area contributed by atoms with Crippen LogP contribution in [0.3, 0.4) is 0 Å². The van der Waals surface area contributed by atoms with Gasteiger partial charge in [-0.25, -0.2) is 0 Å². The second-order valence-corrected chi connectivity index (χ2v) is 6.80. The van der Waals surface area contributed by atoms with Gasteiger partial charge in [-0.1, -0.05) is 32.5 Å². The second kappa shape index (κ2) is 6.53. The normalized spacial score (nSPS) is 25.9. The number of rotatable bonds is 5. The van der Waals surface area contributed by atoms with Gasteiger partial charge in [0.15, 0.2) is 5.17 Å². The van der Waals surface area contributed by atoms with Gasteiger partial charge in [-0.3, -0.25) is 9.20 Å². The van der Waals surface area contributed by atoms with Crippen molar-refractivity contribution >= 4 is 27.7 Å². The van der Waals surface area contributed by atoms with Crippen LogP contribution in [0.25, 0.3) is 0 Å². The number of nitrogens with one attached hydrogen (secondary N) is 1. The summed E-state index contributed by atoms with van der Waals surface area (Å²) in [5.41, 5.74) is 0. The van der Waals surface area contributed by atoms with E-state index in [1.54, 1.807) is 11.8 Å². The number of thioether (sulfide) groups is 1. The van der Waals surface area contributed by atoms with E-state index < -0.39 is 10.8 Å². The summed E-state index contributed by atoms with van der Waals surface area (Å²) in [6.07, 6.45) is 0. The fourth-order valence-electron chi connectivity index (χ4n) is 1.25. The van der Waals surface area contributed by atoms with Crippen LogP contribution in [0.1, 0.15) is 20.8 Å². The first-order chi connectivity index (χ1) is 7.13. The lowest BCUT2D eigenvalue weighted by molar-refractivity contribution is 0.503. The first-order valence-electron chi connectivity index (χ1n) is 5.42. The Labute approximate surface area is 99.0 Å². The maximum atomic E-state index is 11.2. The zero-order chi connectivity index (χ0) is 11.3. The Balaban J connectivity index is 2.27. The molecule has 1 aliphatic heterocycles. The van der Waals surface area contributed by atoms with Crippen LogP contribution in [-0.4, -0.2) is 39.2 Å². The minimum absolute atomic E-state index is 0.547. The van der Waals surface area contributed by atoms with Crippen LogP contribution in [-0.2, 0) is 10.8 Å². The monoisotopic (exact) mass is 248 g/mol. The molecule has 1 aliphatic rings. The Morgan fingerprint density at radius 1 is 1.67 bits per heavy atom. The summed E-state index contributed by atoms with van der Waals surface area (Å²) in [5, 5.41) is 4.43. The quantitative estimate of drug-likeness (QED) is 0.801. The molecular weight excluding hydrogens is 228 g/mol. The molecule has 3 nitrogen and oxygen atoms in total. The summed E-state index contributed by atoms with van der Waals surface area (Å²) >= 11 is 1.78. The minimum atomic E-state index is -0.689. The Kier molecular flexibility index (Phi) is 5.68. The number of aliphatic imine (C=N–C) groups is 1. The average molecular weight is 248 g/mol. The van der Waals surface area contributed by atoms with Gasteiger partial charge in [0, 0.05) is 34.1 Å². The lowest BCUT2D eigenvalue weighted by Gasteiger charge is -2.12. The van der Waals surface area contributed by atoms with Gasteiger partial charge in [-0.05, 0) is 5.92 Å².